The molecule has 3 aromatic rings. The van der Waals surface area contributed by atoms with Crippen LogP contribution in [0, 0.1) is 13.8 Å². The third kappa shape index (κ3) is 4.90. The second-order valence-electron chi connectivity index (χ2n) is 10.3. The zero-order valence-corrected chi connectivity index (χ0v) is 19.3. The molecular weight excluding hydrogens is 350 g/mol. The van der Waals surface area contributed by atoms with E-state index in [0.29, 0.717) is 0 Å². The summed E-state index contributed by atoms with van der Waals surface area (Å²) in [5.74, 6) is 0. The fourth-order valence-electron chi connectivity index (χ4n) is 3.75. The molecule has 0 saturated heterocycles. The van der Waals surface area contributed by atoms with Crippen molar-refractivity contribution in [3.05, 3.63) is 89.0 Å². The smallest absolute Gasteiger partial charge is 0.0466 e. The van der Waals surface area contributed by atoms with Crippen LogP contribution in [0.2, 0.25) is 0 Å². The van der Waals surface area contributed by atoms with Crippen molar-refractivity contribution in [2.45, 2.75) is 66.2 Å². The van der Waals surface area contributed by atoms with Crippen molar-refractivity contribution in [2.75, 3.05) is 4.90 Å². The van der Waals surface area contributed by atoms with Gasteiger partial charge in [-0.1, -0.05) is 71.9 Å². The lowest BCUT2D eigenvalue weighted by atomic mass is 9.86. The monoisotopic (exact) mass is 385 g/mol. The number of rotatable bonds is 3. The minimum absolute atomic E-state index is 0.150. The predicted octanol–water partition coefficient (Wildman–Crippen LogP) is 8.37. The van der Waals surface area contributed by atoms with Crippen LogP contribution in [0.5, 0.6) is 0 Å². The van der Waals surface area contributed by atoms with Crippen molar-refractivity contribution < 1.29 is 0 Å². The van der Waals surface area contributed by atoms with Gasteiger partial charge in [0.05, 0.1) is 0 Å². The lowest BCUT2D eigenvalue weighted by molar-refractivity contribution is 0.590. The first-order valence-electron chi connectivity index (χ1n) is 10.5. The normalized spacial score (nSPS) is 12.1. The van der Waals surface area contributed by atoms with E-state index in [4.69, 9.17) is 0 Å². The fraction of sp³-hybridized carbons (Fsp3) is 0.357. The second kappa shape index (κ2) is 7.71. The molecule has 1 heteroatoms. The van der Waals surface area contributed by atoms with Crippen LogP contribution in [-0.2, 0) is 10.8 Å². The summed E-state index contributed by atoms with van der Waals surface area (Å²) in [6.07, 6.45) is 0. The van der Waals surface area contributed by atoms with Gasteiger partial charge in [0.25, 0.3) is 0 Å². The zero-order chi connectivity index (χ0) is 21.4. The Bertz CT molecular complexity index is 887. The molecule has 0 bridgehead atoms. The molecule has 0 aliphatic rings. The summed E-state index contributed by atoms with van der Waals surface area (Å²) in [6.45, 7) is 17.9. The molecular formula is C28H35N. The highest BCUT2D eigenvalue weighted by molar-refractivity contribution is 5.77. The molecule has 3 rings (SSSR count). The van der Waals surface area contributed by atoms with Crippen LogP contribution in [0.3, 0.4) is 0 Å². The third-order valence-corrected chi connectivity index (χ3v) is 5.45. The van der Waals surface area contributed by atoms with Gasteiger partial charge in [-0.25, -0.2) is 0 Å². The largest absolute Gasteiger partial charge is 0.310 e. The van der Waals surface area contributed by atoms with Gasteiger partial charge in [-0.2, -0.15) is 0 Å². The van der Waals surface area contributed by atoms with E-state index in [-0.39, 0.29) is 10.8 Å². The Balaban J connectivity index is 2.12. The molecule has 29 heavy (non-hydrogen) atoms. The van der Waals surface area contributed by atoms with Crippen LogP contribution in [-0.4, -0.2) is 0 Å². The van der Waals surface area contributed by atoms with E-state index in [9.17, 15) is 0 Å². The van der Waals surface area contributed by atoms with E-state index in [1.165, 1.54) is 39.3 Å². The first-order chi connectivity index (χ1) is 13.4. The van der Waals surface area contributed by atoms with Crippen molar-refractivity contribution in [3.63, 3.8) is 0 Å². The first-order valence-corrected chi connectivity index (χ1v) is 10.5. The first kappa shape index (κ1) is 21.2. The quantitative estimate of drug-likeness (QED) is 0.437. The van der Waals surface area contributed by atoms with E-state index < -0.39 is 0 Å². The van der Waals surface area contributed by atoms with Gasteiger partial charge in [0.1, 0.15) is 0 Å². The number of anilines is 3. The molecule has 3 aromatic carbocycles. The lowest BCUT2D eigenvalue weighted by Gasteiger charge is -2.28. The summed E-state index contributed by atoms with van der Waals surface area (Å²) in [4.78, 5) is 2.36. The molecule has 0 amide bonds. The van der Waals surface area contributed by atoms with Gasteiger partial charge >= 0.3 is 0 Å². The van der Waals surface area contributed by atoms with Gasteiger partial charge in [0.2, 0.25) is 0 Å². The van der Waals surface area contributed by atoms with Crippen molar-refractivity contribution >= 4 is 17.1 Å². The molecule has 0 N–H and O–H groups in total. The van der Waals surface area contributed by atoms with Gasteiger partial charge in [-0.3, -0.25) is 0 Å². The maximum absolute atomic E-state index is 2.36. The van der Waals surface area contributed by atoms with Crippen LogP contribution in [0.25, 0.3) is 0 Å². The molecule has 0 radical (unpaired) electrons. The Morgan fingerprint density at radius 2 is 0.828 bits per heavy atom. The van der Waals surface area contributed by atoms with Crippen molar-refractivity contribution in [3.8, 4) is 0 Å². The fourth-order valence-corrected chi connectivity index (χ4v) is 3.75. The number of hydrogen-bond acceptors (Lipinski definition) is 1. The van der Waals surface area contributed by atoms with Crippen molar-refractivity contribution in [1.82, 2.24) is 0 Å². The van der Waals surface area contributed by atoms with Crippen LogP contribution < -0.4 is 4.90 Å². The van der Waals surface area contributed by atoms with Gasteiger partial charge in [-0.15, -0.1) is 0 Å². The van der Waals surface area contributed by atoms with Crippen LogP contribution in [0.4, 0.5) is 17.1 Å². The van der Waals surface area contributed by atoms with Crippen molar-refractivity contribution in [2.24, 2.45) is 0 Å². The van der Waals surface area contributed by atoms with Crippen LogP contribution in [0.1, 0.15) is 63.8 Å². The molecule has 0 aliphatic heterocycles. The average molecular weight is 386 g/mol. The van der Waals surface area contributed by atoms with E-state index in [2.05, 4.69) is 127 Å². The summed E-state index contributed by atoms with van der Waals surface area (Å²) in [7, 11) is 0. The SMILES string of the molecule is Cc1cc(C)cc(N(c2ccc(C(C)(C)C)cc2)c2ccc(C(C)(C)C)cc2)c1. The number of nitrogens with zero attached hydrogens (tertiary/aromatic N) is 1. The molecule has 0 heterocycles. The highest BCUT2D eigenvalue weighted by atomic mass is 15.1. The maximum Gasteiger partial charge on any atom is 0.0466 e. The minimum atomic E-state index is 0.150. The number of aryl methyl sites for hydroxylation is 2. The minimum Gasteiger partial charge on any atom is -0.310 e. The Morgan fingerprint density at radius 3 is 1.14 bits per heavy atom. The van der Waals surface area contributed by atoms with Gasteiger partial charge in [0.15, 0.2) is 0 Å². The Morgan fingerprint density at radius 1 is 0.483 bits per heavy atom. The summed E-state index contributed by atoms with van der Waals surface area (Å²) < 4.78 is 0. The van der Waals surface area contributed by atoms with Gasteiger partial charge in [-0.05, 0) is 83.3 Å². The van der Waals surface area contributed by atoms with E-state index in [0.717, 1.165) is 0 Å². The molecule has 0 saturated carbocycles. The van der Waals surface area contributed by atoms with Gasteiger partial charge < -0.3 is 4.90 Å². The Kier molecular flexibility index (Phi) is 5.63. The molecule has 0 unspecified atom stereocenters. The summed E-state index contributed by atoms with van der Waals surface area (Å²) in [5.41, 5.74) is 9.14. The number of benzene rings is 3. The highest BCUT2D eigenvalue weighted by Gasteiger charge is 2.18. The lowest BCUT2D eigenvalue weighted by Crippen LogP contribution is -2.14. The van der Waals surface area contributed by atoms with E-state index in [1.807, 2.05) is 0 Å². The zero-order valence-electron chi connectivity index (χ0n) is 19.3. The molecule has 152 valence electrons. The summed E-state index contributed by atoms with van der Waals surface area (Å²) in [5, 5.41) is 0. The molecule has 0 fully saturated rings. The van der Waals surface area contributed by atoms with Crippen LogP contribution >= 0.6 is 0 Å². The standard InChI is InChI=1S/C28H35N/c1-20-17-21(2)19-26(18-20)29(24-13-9-22(10-14-24)27(3,4)5)25-15-11-23(12-16-25)28(6,7)8/h9-19H,1-8H3. The highest BCUT2D eigenvalue weighted by Crippen LogP contribution is 2.37. The molecule has 0 atom stereocenters. The van der Waals surface area contributed by atoms with Crippen LogP contribution in [0.15, 0.2) is 66.7 Å². The summed E-state index contributed by atoms with van der Waals surface area (Å²) >= 11 is 0. The third-order valence-electron chi connectivity index (χ3n) is 5.45. The molecule has 0 aliphatic carbocycles. The number of hydrogen-bond donors (Lipinski definition) is 0. The topological polar surface area (TPSA) is 3.24 Å². The van der Waals surface area contributed by atoms with E-state index in [1.54, 1.807) is 0 Å². The Hall–Kier alpha value is -2.54. The molecule has 1 nitrogen and oxygen atoms in total. The van der Waals surface area contributed by atoms with E-state index >= 15 is 0 Å². The summed E-state index contributed by atoms with van der Waals surface area (Å²) in [6, 6.07) is 24.8. The predicted molar refractivity (Wildman–Crippen MR) is 128 cm³/mol. The average Bonchev–Trinajstić information content (AvgIpc) is 2.60. The van der Waals surface area contributed by atoms with Crippen molar-refractivity contribution in [1.29, 1.82) is 0 Å². The second-order valence-corrected chi connectivity index (χ2v) is 10.3. The molecule has 0 aromatic heterocycles. The maximum atomic E-state index is 2.36. The Labute approximate surface area is 177 Å². The van der Waals surface area contributed by atoms with Gasteiger partial charge in [0, 0.05) is 17.1 Å². The molecule has 0 spiro atoms.